The minimum absolute atomic E-state index is 0.0582. The van der Waals surface area contributed by atoms with Gasteiger partial charge in [0.15, 0.2) is 6.29 Å². The van der Waals surface area contributed by atoms with E-state index in [2.05, 4.69) is 25.6 Å². The molecule has 9 heteroatoms. The predicted molar refractivity (Wildman–Crippen MR) is 148 cm³/mol. The third-order valence-corrected chi connectivity index (χ3v) is 6.20. The van der Waals surface area contributed by atoms with E-state index in [1.807, 2.05) is 49.4 Å². The summed E-state index contributed by atoms with van der Waals surface area (Å²) in [7, 11) is 3.38. The Morgan fingerprint density at radius 1 is 1.13 bits per heavy atom. The molecule has 0 saturated heterocycles. The van der Waals surface area contributed by atoms with E-state index in [9.17, 15) is 14.4 Å². The molecule has 0 aliphatic carbocycles. The number of nitrogens with zero attached hydrogens (tertiary/aromatic N) is 3. The molecule has 0 radical (unpaired) electrons. The standard InChI is InChI=1S/C26H25N5O3.C3H8O/c1-26(29-11-12-32)22-9-5-6-10-24(22)31(25(26)34)20-13-18(15-28-16-20)14-23(30-27-2)21-8-4-3-7-19(21)17-33;1-3-4-2/h3-10,12-13,15-17,27,29H,11,14H2,1-2H3;3H2,1-2H3/b30-23-;. The van der Waals surface area contributed by atoms with Gasteiger partial charge < -0.3 is 15.0 Å². The highest BCUT2D eigenvalue weighted by Gasteiger charge is 2.47. The summed E-state index contributed by atoms with van der Waals surface area (Å²) in [6, 6.07) is 16.6. The Hall–Kier alpha value is -4.21. The highest BCUT2D eigenvalue weighted by molar-refractivity contribution is 6.12. The van der Waals surface area contributed by atoms with Gasteiger partial charge in [0, 0.05) is 50.1 Å². The number of nitrogens with one attached hydrogen (secondary N) is 2. The monoisotopic (exact) mass is 515 g/mol. The molecule has 4 rings (SSSR count). The van der Waals surface area contributed by atoms with Crippen LogP contribution >= 0.6 is 0 Å². The first kappa shape index (κ1) is 28.4. The second-order valence-electron chi connectivity index (χ2n) is 8.62. The van der Waals surface area contributed by atoms with Gasteiger partial charge in [0.2, 0.25) is 0 Å². The lowest BCUT2D eigenvalue weighted by Gasteiger charge is -2.25. The Morgan fingerprint density at radius 2 is 1.84 bits per heavy atom. The highest BCUT2D eigenvalue weighted by atomic mass is 16.5. The third-order valence-electron chi connectivity index (χ3n) is 6.20. The molecule has 0 bridgehead atoms. The van der Waals surface area contributed by atoms with Gasteiger partial charge in [-0.05, 0) is 31.5 Å². The number of hydrazone groups is 1. The van der Waals surface area contributed by atoms with Crippen LogP contribution in [0.1, 0.15) is 40.9 Å². The Balaban J connectivity index is 0.000000934. The number of hydrogen-bond acceptors (Lipinski definition) is 8. The maximum atomic E-state index is 13.6. The molecule has 1 amide bonds. The molecule has 1 unspecified atom stereocenters. The van der Waals surface area contributed by atoms with E-state index in [0.29, 0.717) is 23.4 Å². The number of amides is 1. The maximum absolute atomic E-state index is 13.6. The summed E-state index contributed by atoms with van der Waals surface area (Å²) >= 11 is 0. The molecule has 1 atom stereocenters. The molecular formula is C29H33N5O4. The van der Waals surface area contributed by atoms with Crippen molar-refractivity contribution in [3.05, 3.63) is 89.2 Å². The lowest BCUT2D eigenvalue weighted by Crippen LogP contribution is -2.48. The number of carbonyl (C=O) groups excluding carboxylic acids is 3. The number of fused-ring (bicyclic) bond motifs is 1. The largest absolute Gasteiger partial charge is 0.385 e. The fourth-order valence-electron chi connectivity index (χ4n) is 4.29. The number of hydrogen-bond donors (Lipinski definition) is 2. The normalized spacial score (nSPS) is 16.4. The zero-order valence-corrected chi connectivity index (χ0v) is 22.1. The highest BCUT2D eigenvalue weighted by Crippen LogP contribution is 2.43. The van der Waals surface area contributed by atoms with E-state index in [-0.39, 0.29) is 12.5 Å². The first-order valence-corrected chi connectivity index (χ1v) is 12.3. The van der Waals surface area contributed by atoms with Crippen molar-refractivity contribution in [2.45, 2.75) is 25.8 Å². The van der Waals surface area contributed by atoms with Crippen LogP contribution in [-0.2, 0) is 26.3 Å². The topological polar surface area (TPSA) is 113 Å². The van der Waals surface area contributed by atoms with Crippen molar-refractivity contribution >= 4 is 35.6 Å². The fourth-order valence-corrected chi connectivity index (χ4v) is 4.29. The van der Waals surface area contributed by atoms with Gasteiger partial charge in [0.1, 0.15) is 11.8 Å². The molecule has 2 heterocycles. The minimum Gasteiger partial charge on any atom is -0.385 e. The third kappa shape index (κ3) is 6.01. The van der Waals surface area contributed by atoms with E-state index in [4.69, 9.17) is 0 Å². The molecule has 9 nitrogen and oxygen atoms in total. The summed E-state index contributed by atoms with van der Waals surface area (Å²) < 4.78 is 4.54. The molecule has 198 valence electrons. The summed E-state index contributed by atoms with van der Waals surface area (Å²) in [4.78, 5) is 42.1. The number of pyridine rings is 1. The number of benzene rings is 2. The fraction of sp³-hybridized carbons (Fsp3) is 0.276. The van der Waals surface area contributed by atoms with Crippen molar-refractivity contribution in [3.8, 4) is 0 Å². The first-order valence-electron chi connectivity index (χ1n) is 12.3. The van der Waals surface area contributed by atoms with Crippen molar-refractivity contribution in [1.82, 2.24) is 15.7 Å². The maximum Gasteiger partial charge on any atom is 0.256 e. The van der Waals surface area contributed by atoms with Gasteiger partial charge in [-0.25, -0.2) is 0 Å². The Morgan fingerprint density at radius 3 is 2.53 bits per heavy atom. The van der Waals surface area contributed by atoms with E-state index in [1.165, 1.54) is 0 Å². The first-order chi connectivity index (χ1) is 18.4. The number of anilines is 2. The van der Waals surface area contributed by atoms with Crippen molar-refractivity contribution in [1.29, 1.82) is 0 Å². The number of para-hydroxylation sites is 1. The van der Waals surface area contributed by atoms with Gasteiger partial charge in [-0.15, -0.1) is 0 Å². The quantitative estimate of drug-likeness (QED) is 0.242. The van der Waals surface area contributed by atoms with Crippen LogP contribution in [0.4, 0.5) is 11.4 Å². The van der Waals surface area contributed by atoms with Crippen LogP contribution in [0.2, 0.25) is 0 Å². The molecular weight excluding hydrogens is 482 g/mol. The lowest BCUT2D eigenvalue weighted by molar-refractivity contribution is -0.123. The Bertz CT molecular complexity index is 1310. The molecule has 2 N–H and O–H groups in total. The van der Waals surface area contributed by atoms with Crippen LogP contribution in [0.25, 0.3) is 0 Å². The van der Waals surface area contributed by atoms with E-state index in [0.717, 1.165) is 41.6 Å². The van der Waals surface area contributed by atoms with Gasteiger partial charge in [0.05, 0.1) is 29.8 Å². The van der Waals surface area contributed by atoms with Crippen LogP contribution < -0.4 is 15.6 Å². The van der Waals surface area contributed by atoms with Crippen molar-refractivity contribution < 1.29 is 19.1 Å². The summed E-state index contributed by atoms with van der Waals surface area (Å²) in [5, 5.41) is 7.46. The number of methoxy groups -OCH3 is 1. The summed E-state index contributed by atoms with van der Waals surface area (Å²) in [5.74, 6) is -0.190. The Labute approximate surface area is 222 Å². The van der Waals surface area contributed by atoms with Crippen LogP contribution in [0.5, 0.6) is 0 Å². The lowest BCUT2D eigenvalue weighted by atomic mass is 9.93. The van der Waals surface area contributed by atoms with E-state index < -0.39 is 5.54 Å². The number of ether oxygens (including phenoxy) is 1. The van der Waals surface area contributed by atoms with Crippen LogP contribution in [0.15, 0.2) is 72.1 Å². The van der Waals surface area contributed by atoms with Gasteiger partial charge >= 0.3 is 0 Å². The Kier molecular flexibility index (Phi) is 9.98. The SMILES string of the molecule is CCOC.CN/N=C(/Cc1cncc(N2C(=O)C(C)(NCC=O)c3ccccc32)c1)c1ccccc1C=O. The number of rotatable bonds is 10. The molecule has 1 aliphatic heterocycles. The van der Waals surface area contributed by atoms with Gasteiger partial charge in [-0.3, -0.25) is 24.8 Å². The van der Waals surface area contributed by atoms with Crippen LogP contribution in [-0.4, -0.2) is 56.5 Å². The smallest absolute Gasteiger partial charge is 0.256 e. The zero-order valence-electron chi connectivity index (χ0n) is 22.1. The molecule has 1 aromatic heterocycles. The molecule has 38 heavy (non-hydrogen) atoms. The van der Waals surface area contributed by atoms with Crippen molar-refractivity contribution in [2.24, 2.45) is 5.10 Å². The van der Waals surface area contributed by atoms with Gasteiger partial charge in [-0.2, -0.15) is 5.10 Å². The summed E-state index contributed by atoms with van der Waals surface area (Å²) in [5.41, 5.74) is 6.69. The molecule has 1 aliphatic rings. The van der Waals surface area contributed by atoms with E-state index in [1.54, 1.807) is 50.5 Å². The second-order valence-corrected chi connectivity index (χ2v) is 8.62. The molecule has 0 saturated carbocycles. The second kappa shape index (κ2) is 13.4. The molecule has 3 aromatic rings. The average molecular weight is 516 g/mol. The minimum atomic E-state index is -1.03. The predicted octanol–water partition coefficient (Wildman–Crippen LogP) is 3.40. The van der Waals surface area contributed by atoms with Crippen LogP contribution in [0, 0.1) is 0 Å². The molecule has 0 fully saturated rings. The molecule has 0 spiro atoms. The van der Waals surface area contributed by atoms with Gasteiger partial charge in [0.25, 0.3) is 5.91 Å². The molecule has 2 aromatic carbocycles. The summed E-state index contributed by atoms with van der Waals surface area (Å²) in [6.45, 7) is 4.62. The number of aromatic nitrogens is 1. The van der Waals surface area contributed by atoms with Crippen molar-refractivity contribution in [3.63, 3.8) is 0 Å². The van der Waals surface area contributed by atoms with Crippen molar-refractivity contribution in [2.75, 3.05) is 32.2 Å². The zero-order chi connectivity index (χ0) is 27.5. The van der Waals surface area contributed by atoms with E-state index >= 15 is 0 Å². The average Bonchev–Trinajstić information content (AvgIpc) is 3.18. The number of aldehydes is 2. The van der Waals surface area contributed by atoms with Gasteiger partial charge in [-0.1, -0.05) is 42.5 Å². The van der Waals surface area contributed by atoms with Crippen LogP contribution in [0.3, 0.4) is 0 Å². The summed E-state index contributed by atoms with van der Waals surface area (Å²) in [6.07, 6.45) is 5.30. The number of carbonyl (C=O) groups is 3.